The normalized spacial score (nSPS) is 17.2. The molecule has 3 aromatic carbocycles. The van der Waals surface area contributed by atoms with Gasteiger partial charge in [-0.2, -0.15) is 0 Å². The average Bonchev–Trinajstić information content (AvgIpc) is 2.85. The first-order valence-corrected chi connectivity index (χ1v) is 12.0. The Hall–Kier alpha value is -2.56. The van der Waals surface area contributed by atoms with Crippen LogP contribution >= 0.6 is 0 Å². The Kier molecular flexibility index (Phi) is 7.89. The number of benzene rings is 3. The summed E-state index contributed by atoms with van der Waals surface area (Å²) in [4.78, 5) is 2.59. The van der Waals surface area contributed by atoms with E-state index in [0.29, 0.717) is 6.04 Å². The maximum atomic E-state index is 13.7. The monoisotopic (exact) mass is 449 g/mol. The Morgan fingerprint density at radius 3 is 2.03 bits per heavy atom. The van der Waals surface area contributed by atoms with Crippen molar-refractivity contribution in [2.75, 3.05) is 20.2 Å². The van der Waals surface area contributed by atoms with Crippen LogP contribution in [0.3, 0.4) is 0 Å². The Bertz CT molecular complexity index is 943. The molecule has 0 amide bonds. The van der Waals surface area contributed by atoms with Gasteiger partial charge in [-0.05, 0) is 79.7 Å². The van der Waals surface area contributed by atoms with Crippen LogP contribution in [0.2, 0.25) is 0 Å². The minimum atomic E-state index is -0.763. The lowest BCUT2D eigenvalue weighted by Gasteiger charge is -2.43. The van der Waals surface area contributed by atoms with Crippen LogP contribution in [0.25, 0.3) is 0 Å². The van der Waals surface area contributed by atoms with Crippen molar-refractivity contribution in [3.8, 4) is 0 Å². The summed E-state index contributed by atoms with van der Waals surface area (Å²) >= 11 is 0. The van der Waals surface area contributed by atoms with E-state index in [0.717, 1.165) is 49.9 Å². The summed E-state index contributed by atoms with van der Waals surface area (Å²) in [5.74, 6) is -0.550. The molecule has 1 aliphatic heterocycles. The Balaban J connectivity index is 1.58. The van der Waals surface area contributed by atoms with E-state index in [1.54, 1.807) is 31.4 Å². The van der Waals surface area contributed by atoms with Gasteiger partial charge in [-0.3, -0.25) is 0 Å². The van der Waals surface area contributed by atoms with Crippen molar-refractivity contribution in [1.29, 1.82) is 0 Å². The number of aryl methyl sites for hydroxylation is 1. The van der Waals surface area contributed by atoms with Gasteiger partial charge >= 0.3 is 0 Å². The molecule has 0 N–H and O–H groups in total. The summed E-state index contributed by atoms with van der Waals surface area (Å²) < 4.78 is 33.7. The minimum absolute atomic E-state index is 0.275. The largest absolute Gasteiger partial charge is 0.369 e. The second kappa shape index (κ2) is 11.0. The van der Waals surface area contributed by atoms with Crippen molar-refractivity contribution in [2.45, 2.75) is 50.2 Å². The van der Waals surface area contributed by atoms with E-state index < -0.39 is 5.60 Å². The Morgan fingerprint density at radius 2 is 1.45 bits per heavy atom. The van der Waals surface area contributed by atoms with Crippen molar-refractivity contribution < 1.29 is 13.5 Å². The number of piperidine rings is 1. The zero-order valence-corrected chi connectivity index (χ0v) is 19.4. The van der Waals surface area contributed by atoms with E-state index >= 15 is 0 Å². The number of ether oxygens (including phenoxy) is 1. The van der Waals surface area contributed by atoms with Gasteiger partial charge in [-0.25, -0.2) is 8.78 Å². The topological polar surface area (TPSA) is 12.5 Å². The summed E-state index contributed by atoms with van der Waals surface area (Å²) in [5.41, 5.74) is 2.40. The molecule has 2 nitrogen and oxygen atoms in total. The standard InChI is InChI=1S/C29H33F2NO/c1-33-29(24-12-16-26(30)17-13-24,25-14-18-27(31)19-15-25)22-28-11-5-6-20-32(28)21-7-10-23-8-3-2-4-9-23/h2-4,8-9,12-19,28H,5-7,10-11,20-22H2,1H3. The Morgan fingerprint density at radius 1 is 0.848 bits per heavy atom. The molecule has 33 heavy (non-hydrogen) atoms. The number of methoxy groups -OCH3 is 1. The molecule has 0 spiro atoms. The quantitative estimate of drug-likeness (QED) is 0.359. The van der Waals surface area contributed by atoms with Crippen molar-refractivity contribution in [3.05, 3.63) is 107 Å². The van der Waals surface area contributed by atoms with E-state index in [1.807, 2.05) is 0 Å². The van der Waals surface area contributed by atoms with Crippen LogP contribution in [-0.2, 0) is 16.8 Å². The van der Waals surface area contributed by atoms with Gasteiger partial charge in [-0.1, -0.05) is 61.0 Å². The highest BCUT2D eigenvalue weighted by Crippen LogP contribution is 2.40. The van der Waals surface area contributed by atoms with E-state index in [9.17, 15) is 8.78 Å². The maximum Gasteiger partial charge on any atom is 0.123 e. The van der Waals surface area contributed by atoms with Gasteiger partial charge in [0.15, 0.2) is 0 Å². The number of likely N-dealkylation sites (tertiary alicyclic amines) is 1. The molecule has 4 heteroatoms. The van der Waals surface area contributed by atoms with Gasteiger partial charge in [0.05, 0.1) is 0 Å². The fraction of sp³-hybridized carbons (Fsp3) is 0.379. The van der Waals surface area contributed by atoms with E-state index in [2.05, 4.69) is 35.2 Å². The molecule has 1 fully saturated rings. The molecule has 0 aliphatic carbocycles. The minimum Gasteiger partial charge on any atom is -0.369 e. The highest BCUT2D eigenvalue weighted by molar-refractivity contribution is 5.37. The van der Waals surface area contributed by atoms with E-state index in [4.69, 9.17) is 4.74 Å². The van der Waals surface area contributed by atoms with Gasteiger partial charge in [0, 0.05) is 19.6 Å². The molecule has 3 aromatic rings. The number of rotatable bonds is 9. The molecule has 0 radical (unpaired) electrons. The van der Waals surface area contributed by atoms with Crippen molar-refractivity contribution in [3.63, 3.8) is 0 Å². The molecule has 1 heterocycles. The van der Waals surface area contributed by atoms with E-state index in [-0.39, 0.29) is 11.6 Å². The summed E-state index contributed by atoms with van der Waals surface area (Å²) in [7, 11) is 1.70. The first-order valence-electron chi connectivity index (χ1n) is 12.0. The zero-order chi connectivity index (χ0) is 23.1. The summed E-state index contributed by atoms with van der Waals surface area (Å²) in [6.45, 7) is 2.11. The molecule has 1 aliphatic rings. The third kappa shape index (κ3) is 5.69. The Labute approximate surface area is 196 Å². The lowest BCUT2D eigenvalue weighted by atomic mass is 9.78. The molecule has 1 unspecified atom stereocenters. The fourth-order valence-corrected chi connectivity index (χ4v) is 5.21. The smallest absolute Gasteiger partial charge is 0.123 e. The molecule has 0 saturated carbocycles. The second-order valence-electron chi connectivity index (χ2n) is 9.02. The molecule has 0 bridgehead atoms. The molecule has 174 valence electrons. The maximum absolute atomic E-state index is 13.7. The average molecular weight is 450 g/mol. The van der Waals surface area contributed by atoms with Crippen LogP contribution in [0, 0.1) is 11.6 Å². The summed E-state index contributed by atoms with van der Waals surface area (Å²) in [6.07, 6.45) is 6.40. The van der Waals surface area contributed by atoms with Crippen LogP contribution in [0.1, 0.15) is 48.8 Å². The van der Waals surface area contributed by atoms with Crippen LogP contribution in [0.4, 0.5) is 8.78 Å². The lowest BCUT2D eigenvalue weighted by Crippen LogP contribution is -2.45. The molecule has 0 aromatic heterocycles. The zero-order valence-electron chi connectivity index (χ0n) is 19.4. The van der Waals surface area contributed by atoms with E-state index in [1.165, 1.54) is 42.7 Å². The lowest BCUT2D eigenvalue weighted by molar-refractivity contribution is -0.0174. The number of nitrogens with zero attached hydrogens (tertiary/aromatic N) is 1. The first kappa shape index (κ1) is 23.6. The third-order valence-electron chi connectivity index (χ3n) is 7.00. The molecular weight excluding hydrogens is 416 g/mol. The van der Waals surface area contributed by atoms with Crippen LogP contribution in [-0.4, -0.2) is 31.1 Å². The van der Waals surface area contributed by atoms with Crippen LogP contribution < -0.4 is 0 Å². The van der Waals surface area contributed by atoms with Crippen molar-refractivity contribution >= 4 is 0 Å². The molecule has 1 atom stereocenters. The van der Waals surface area contributed by atoms with Crippen molar-refractivity contribution in [1.82, 2.24) is 4.90 Å². The number of hydrogen-bond donors (Lipinski definition) is 0. The third-order valence-corrected chi connectivity index (χ3v) is 7.00. The SMILES string of the molecule is COC(CC1CCCCN1CCCc1ccccc1)(c1ccc(F)cc1)c1ccc(F)cc1. The van der Waals surface area contributed by atoms with Gasteiger partial charge in [-0.15, -0.1) is 0 Å². The first-order chi connectivity index (χ1) is 16.1. The predicted octanol–water partition coefficient (Wildman–Crippen LogP) is 6.73. The van der Waals surface area contributed by atoms with Gasteiger partial charge in [0.1, 0.15) is 17.2 Å². The van der Waals surface area contributed by atoms with Crippen molar-refractivity contribution in [2.24, 2.45) is 0 Å². The predicted molar refractivity (Wildman–Crippen MR) is 129 cm³/mol. The van der Waals surface area contributed by atoms with Gasteiger partial charge in [0.2, 0.25) is 0 Å². The van der Waals surface area contributed by atoms with Crippen LogP contribution in [0.15, 0.2) is 78.9 Å². The molecular formula is C29H33F2NO. The van der Waals surface area contributed by atoms with Crippen LogP contribution in [0.5, 0.6) is 0 Å². The number of hydrogen-bond acceptors (Lipinski definition) is 2. The second-order valence-corrected chi connectivity index (χ2v) is 9.02. The van der Waals surface area contributed by atoms with Gasteiger partial charge < -0.3 is 9.64 Å². The highest BCUT2D eigenvalue weighted by atomic mass is 19.1. The summed E-state index contributed by atoms with van der Waals surface area (Å²) in [5, 5.41) is 0. The number of halogens is 2. The summed E-state index contributed by atoms with van der Waals surface area (Å²) in [6, 6.07) is 24.1. The highest BCUT2D eigenvalue weighted by Gasteiger charge is 2.39. The van der Waals surface area contributed by atoms with Gasteiger partial charge in [0.25, 0.3) is 0 Å². The molecule has 4 rings (SSSR count). The molecule has 1 saturated heterocycles. The fourth-order valence-electron chi connectivity index (χ4n) is 5.21.